The number of carbonyl (C=O) groups excluding carboxylic acids is 1. The zero-order valence-corrected chi connectivity index (χ0v) is 21.1. The van der Waals surface area contributed by atoms with Crippen LogP contribution in [0.1, 0.15) is 18.1 Å². The fourth-order valence-corrected chi connectivity index (χ4v) is 4.60. The Morgan fingerprint density at radius 2 is 1.71 bits per heavy atom. The summed E-state index contributed by atoms with van der Waals surface area (Å²) in [6, 6.07) is 22.8. The van der Waals surface area contributed by atoms with Gasteiger partial charge in [0.25, 0.3) is 0 Å². The van der Waals surface area contributed by atoms with Gasteiger partial charge in [0, 0.05) is 17.3 Å². The molecule has 6 nitrogen and oxygen atoms in total. The van der Waals surface area contributed by atoms with Gasteiger partial charge in [-0.15, -0.1) is 0 Å². The number of nitrogens with zero attached hydrogens (tertiary/aromatic N) is 1. The van der Waals surface area contributed by atoms with Crippen LogP contribution in [0.4, 0.5) is 14.5 Å². The molecular formula is C29H22F2N2O4S. The first-order valence-corrected chi connectivity index (χ1v) is 13.2. The second kappa shape index (κ2) is 11.2. The number of amides is 1. The minimum absolute atomic E-state index is 0.00220. The van der Waals surface area contributed by atoms with Crippen molar-refractivity contribution in [2.75, 3.05) is 11.1 Å². The molecule has 4 aromatic carbocycles. The van der Waals surface area contributed by atoms with Crippen LogP contribution in [0.15, 0.2) is 89.8 Å². The van der Waals surface area contributed by atoms with Crippen LogP contribution in [0.5, 0.6) is 11.5 Å². The Balaban J connectivity index is 1.60. The van der Waals surface area contributed by atoms with E-state index in [0.29, 0.717) is 33.7 Å². The summed E-state index contributed by atoms with van der Waals surface area (Å²) in [5, 5.41) is 12.0. The Hall–Kier alpha value is -4.55. The number of halogens is 2. The maximum absolute atomic E-state index is 13.9. The van der Waals surface area contributed by atoms with Gasteiger partial charge in [-0.2, -0.15) is 5.26 Å². The minimum Gasteiger partial charge on any atom is -0.457 e. The number of rotatable bonds is 8. The molecule has 0 spiro atoms. The van der Waals surface area contributed by atoms with Crippen molar-refractivity contribution in [3.8, 4) is 28.7 Å². The lowest BCUT2D eigenvalue weighted by molar-refractivity contribution is -0.115. The molecule has 9 heteroatoms. The molecule has 0 aromatic heterocycles. The van der Waals surface area contributed by atoms with E-state index < -0.39 is 21.5 Å². The number of hydrogen-bond donors (Lipinski definition) is 1. The van der Waals surface area contributed by atoms with Crippen LogP contribution in [0.3, 0.4) is 0 Å². The van der Waals surface area contributed by atoms with Gasteiger partial charge in [0.1, 0.15) is 11.5 Å². The second-order valence-corrected chi connectivity index (χ2v) is 10.6. The van der Waals surface area contributed by atoms with E-state index in [1.807, 2.05) is 6.07 Å². The predicted molar refractivity (Wildman–Crippen MR) is 140 cm³/mol. The summed E-state index contributed by atoms with van der Waals surface area (Å²) in [5.41, 5.74) is 2.19. The molecule has 0 aliphatic carbocycles. The first kappa shape index (κ1) is 26.5. The lowest BCUT2D eigenvalue weighted by Gasteiger charge is -2.15. The Labute approximate surface area is 219 Å². The van der Waals surface area contributed by atoms with Gasteiger partial charge in [-0.05, 0) is 65.7 Å². The highest BCUT2D eigenvalue weighted by Crippen LogP contribution is 2.36. The molecule has 0 radical (unpaired) electrons. The molecule has 0 saturated carbocycles. The van der Waals surface area contributed by atoms with Gasteiger partial charge < -0.3 is 10.1 Å². The Kier molecular flexibility index (Phi) is 7.84. The molecule has 4 aromatic rings. The Bertz CT molecular complexity index is 1650. The van der Waals surface area contributed by atoms with Gasteiger partial charge in [0.2, 0.25) is 5.91 Å². The predicted octanol–water partition coefficient (Wildman–Crippen LogP) is 6.27. The number of nitrogens with one attached hydrogen (secondary N) is 1. The van der Waals surface area contributed by atoms with E-state index in [1.165, 1.54) is 24.3 Å². The summed E-state index contributed by atoms with van der Waals surface area (Å²) in [5.74, 6) is -1.78. The van der Waals surface area contributed by atoms with Gasteiger partial charge in [-0.1, -0.05) is 31.2 Å². The summed E-state index contributed by atoms with van der Waals surface area (Å²) in [7, 11) is -3.34. The Morgan fingerprint density at radius 3 is 2.39 bits per heavy atom. The van der Waals surface area contributed by atoms with Crippen LogP contribution in [-0.4, -0.2) is 20.1 Å². The van der Waals surface area contributed by atoms with E-state index >= 15 is 0 Å². The molecule has 38 heavy (non-hydrogen) atoms. The van der Waals surface area contributed by atoms with Crippen molar-refractivity contribution in [1.82, 2.24) is 0 Å². The number of benzene rings is 4. The standard InChI is InChI=1S/C29H22F2N2O4S/c1-2-38(35,36)24-10-6-19(7-11-24)15-29(34)33-22-9-12-25(21-8-13-26(30)27(31)16-21)28(17-22)37-23-5-3-4-20(14-23)18-32/h3-14,16-17H,2,15H2,1H3,(H,33,34). The molecule has 0 heterocycles. The first-order chi connectivity index (χ1) is 18.2. The van der Waals surface area contributed by atoms with E-state index in [0.717, 1.165) is 12.1 Å². The average molecular weight is 533 g/mol. The van der Waals surface area contributed by atoms with Crippen molar-refractivity contribution in [3.63, 3.8) is 0 Å². The fraction of sp³-hybridized carbons (Fsp3) is 0.103. The van der Waals surface area contributed by atoms with Crippen molar-refractivity contribution >= 4 is 21.4 Å². The lowest BCUT2D eigenvalue weighted by atomic mass is 10.0. The van der Waals surface area contributed by atoms with Crippen LogP contribution < -0.4 is 10.1 Å². The zero-order chi connectivity index (χ0) is 27.3. The maximum Gasteiger partial charge on any atom is 0.228 e. The SMILES string of the molecule is CCS(=O)(=O)c1ccc(CC(=O)Nc2ccc(-c3ccc(F)c(F)c3)c(Oc3cccc(C#N)c3)c2)cc1. The molecule has 4 rings (SSSR count). The molecule has 0 bridgehead atoms. The molecule has 0 aliphatic heterocycles. The van der Waals surface area contributed by atoms with Gasteiger partial charge in [0.15, 0.2) is 21.5 Å². The normalized spacial score (nSPS) is 11.0. The fourth-order valence-electron chi connectivity index (χ4n) is 3.71. The summed E-state index contributed by atoms with van der Waals surface area (Å²) in [4.78, 5) is 12.9. The largest absolute Gasteiger partial charge is 0.457 e. The quantitative estimate of drug-likeness (QED) is 0.289. The topological polar surface area (TPSA) is 96.3 Å². The van der Waals surface area contributed by atoms with E-state index in [4.69, 9.17) is 4.74 Å². The summed E-state index contributed by atoms with van der Waals surface area (Å²) < 4.78 is 57.4. The average Bonchev–Trinajstić information content (AvgIpc) is 2.91. The zero-order valence-electron chi connectivity index (χ0n) is 20.2. The highest BCUT2D eigenvalue weighted by Gasteiger charge is 2.15. The summed E-state index contributed by atoms with van der Waals surface area (Å²) >= 11 is 0. The van der Waals surface area contributed by atoms with Crippen LogP contribution in [-0.2, 0) is 21.1 Å². The van der Waals surface area contributed by atoms with Crippen molar-refractivity contribution in [1.29, 1.82) is 5.26 Å². The smallest absolute Gasteiger partial charge is 0.228 e. The molecule has 0 aliphatic rings. The van der Waals surface area contributed by atoms with Gasteiger partial charge in [-0.3, -0.25) is 4.79 Å². The maximum atomic E-state index is 13.9. The number of anilines is 1. The molecule has 192 valence electrons. The van der Waals surface area contributed by atoms with Crippen LogP contribution in [0, 0.1) is 23.0 Å². The molecular weight excluding hydrogens is 510 g/mol. The highest BCUT2D eigenvalue weighted by atomic mass is 32.2. The van der Waals surface area contributed by atoms with Crippen molar-refractivity contribution < 1.29 is 26.7 Å². The molecule has 0 fully saturated rings. The van der Waals surface area contributed by atoms with E-state index in [-0.39, 0.29) is 28.7 Å². The lowest BCUT2D eigenvalue weighted by Crippen LogP contribution is -2.14. The third-order valence-corrected chi connectivity index (χ3v) is 7.46. The van der Waals surface area contributed by atoms with E-state index in [2.05, 4.69) is 5.32 Å². The van der Waals surface area contributed by atoms with Crippen LogP contribution in [0.2, 0.25) is 0 Å². The number of nitriles is 1. The van der Waals surface area contributed by atoms with E-state index in [9.17, 15) is 27.3 Å². The highest BCUT2D eigenvalue weighted by molar-refractivity contribution is 7.91. The van der Waals surface area contributed by atoms with Gasteiger partial charge >= 0.3 is 0 Å². The number of ether oxygens (including phenoxy) is 1. The summed E-state index contributed by atoms with van der Waals surface area (Å²) in [6.07, 6.45) is -0.00220. The van der Waals surface area contributed by atoms with Crippen LogP contribution >= 0.6 is 0 Å². The number of sulfone groups is 1. The third-order valence-electron chi connectivity index (χ3n) is 5.71. The minimum atomic E-state index is -3.34. The molecule has 0 unspecified atom stereocenters. The van der Waals surface area contributed by atoms with Crippen LogP contribution in [0.25, 0.3) is 11.1 Å². The van der Waals surface area contributed by atoms with Crippen molar-refractivity contribution in [2.45, 2.75) is 18.2 Å². The third kappa shape index (κ3) is 6.22. The molecule has 1 amide bonds. The van der Waals surface area contributed by atoms with Gasteiger partial charge in [0.05, 0.1) is 28.7 Å². The number of carbonyl (C=O) groups is 1. The van der Waals surface area contributed by atoms with Gasteiger partial charge in [-0.25, -0.2) is 17.2 Å². The second-order valence-electron chi connectivity index (χ2n) is 8.35. The molecule has 0 atom stereocenters. The Morgan fingerprint density at radius 1 is 0.947 bits per heavy atom. The summed E-state index contributed by atoms with van der Waals surface area (Å²) in [6.45, 7) is 1.56. The van der Waals surface area contributed by atoms with E-state index in [1.54, 1.807) is 55.5 Å². The molecule has 0 saturated heterocycles. The number of hydrogen-bond acceptors (Lipinski definition) is 5. The van der Waals surface area contributed by atoms with Crippen molar-refractivity contribution in [2.24, 2.45) is 0 Å². The first-order valence-electron chi connectivity index (χ1n) is 11.6. The monoisotopic (exact) mass is 532 g/mol. The molecule has 1 N–H and O–H groups in total. The van der Waals surface area contributed by atoms with Crippen molar-refractivity contribution in [3.05, 3.63) is 108 Å².